The number of rotatable bonds is 6. The highest BCUT2D eigenvalue weighted by molar-refractivity contribution is 5.93. The van der Waals surface area contributed by atoms with Crippen LogP contribution in [0.15, 0.2) is 35.3 Å². The van der Waals surface area contributed by atoms with Crippen molar-refractivity contribution in [2.75, 3.05) is 11.9 Å². The van der Waals surface area contributed by atoms with Crippen molar-refractivity contribution < 1.29 is 9.90 Å². The average molecular weight is 395 g/mol. The SMILES string of the molecule is CN(c1ccccc1)C(C)(CC#N)C(N)=NC1C2CC3CC1CC(C(=O)O)(C3)C2. The van der Waals surface area contributed by atoms with Crippen LogP contribution >= 0.6 is 0 Å². The second kappa shape index (κ2) is 7.05. The molecule has 4 bridgehead atoms. The number of para-hydroxylation sites is 1. The highest BCUT2D eigenvalue weighted by Crippen LogP contribution is 2.61. The molecule has 154 valence electrons. The molecule has 0 amide bonds. The molecule has 3 unspecified atom stereocenters. The lowest BCUT2D eigenvalue weighted by molar-refractivity contribution is -0.166. The second-order valence-corrected chi connectivity index (χ2v) is 9.56. The van der Waals surface area contributed by atoms with Gasteiger partial charge in [-0.2, -0.15) is 5.26 Å². The first-order valence-corrected chi connectivity index (χ1v) is 10.5. The second-order valence-electron chi connectivity index (χ2n) is 9.56. The van der Waals surface area contributed by atoms with Crippen molar-refractivity contribution in [2.24, 2.45) is 33.9 Å². The topological polar surface area (TPSA) is 103 Å². The monoisotopic (exact) mass is 394 g/mol. The number of aliphatic carboxylic acids is 1. The maximum Gasteiger partial charge on any atom is 0.309 e. The van der Waals surface area contributed by atoms with Crippen LogP contribution in [0.5, 0.6) is 0 Å². The van der Waals surface area contributed by atoms with E-state index in [2.05, 4.69) is 6.07 Å². The molecule has 29 heavy (non-hydrogen) atoms. The van der Waals surface area contributed by atoms with Crippen molar-refractivity contribution in [2.45, 2.75) is 57.0 Å². The van der Waals surface area contributed by atoms with E-state index in [9.17, 15) is 15.2 Å². The number of carbonyl (C=O) groups is 1. The highest BCUT2D eigenvalue weighted by Gasteiger charge is 2.59. The minimum absolute atomic E-state index is 0.0706. The third kappa shape index (κ3) is 3.17. The van der Waals surface area contributed by atoms with E-state index in [1.165, 1.54) is 0 Å². The van der Waals surface area contributed by atoms with Gasteiger partial charge in [-0.3, -0.25) is 9.79 Å². The van der Waals surface area contributed by atoms with Gasteiger partial charge in [-0.25, -0.2) is 0 Å². The number of anilines is 1. The lowest BCUT2D eigenvalue weighted by Crippen LogP contribution is -2.58. The number of carboxylic acids is 1. The van der Waals surface area contributed by atoms with Crippen LogP contribution in [0.1, 0.15) is 45.4 Å². The van der Waals surface area contributed by atoms with Crippen LogP contribution in [0, 0.1) is 34.5 Å². The standard InChI is InChI=1S/C23H30N4O2/c1-22(8-9-24,27(2)18-6-4-3-5-7-18)20(25)26-19-16-10-15-11-17(19)14-23(12-15,13-16)21(28)29/h3-7,15-17,19H,8,10-14H2,1-2H3,(H2,25,26)(H,28,29). The van der Waals surface area contributed by atoms with Gasteiger partial charge in [0, 0.05) is 12.7 Å². The van der Waals surface area contributed by atoms with Gasteiger partial charge in [0.1, 0.15) is 11.4 Å². The van der Waals surface area contributed by atoms with Crippen LogP contribution in [0.25, 0.3) is 0 Å². The summed E-state index contributed by atoms with van der Waals surface area (Å²) in [6.45, 7) is 1.97. The van der Waals surface area contributed by atoms with Crippen LogP contribution in [-0.2, 0) is 4.79 Å². The molecule has 3 atom stereocenters. The maximum absolute atomic E-state index is 12.0. The van der Waals surface area contributed by atoms with Gasteiger partial charge in [0.2, 0.25) is 0 Å². The Morgan fingerprint density at radius 2 is 1.93 bits per heavy atom. The summed E-state index contributed by atoms with van der Waals surface area (Å²) >= 11 is 0. The van der Waals surface area contributed by atoms with Crippen LogP contribution in [-0.4, -0.2) is 35.5 Å². The van der Waals surface area contributed by atoms with Gasteiger partial charge in [-0.05, 0) is 68.9 Å². The molecule has 6 heteroatoms. The van der Waals surface area contributed by atoms with Crippen LogP contribution in [0.4, 0.5) is 5.69 Å². The Morgan fingerprint density at radius 1 is 1.31 bits per heavy atom. The zero-order chi connectivity index (χ0) is 20.8. The number of carboxylic acid groups (broad SMARTS) is 1. The Bertz CT molecular complexity index is 845. The summed E-state index contributed by atoms with van der Waals surface area (Å²) in [6.07, 6.45) is 4.58. The molecule has 1 aromatic rings. The molecule has 0 aromatic heterocycles. The molecule has 5 rings (SSSR count). The quantitative estimate of drug-likeness (QED) is 0.568. The van der Waals surface area contributed by atoms with E-state index < -0.39 is 16.9 Å². The van der Waals surface area contributed by atoms with Gasteiger partial charge in [-0.15, -0.1) is 0 Å². The fourth-order valence-corrected chi connectivity index (χ4v) is 6.24. The van der Waals surface area contributed by atoms with Crippen LogP contribution in [0.3, 0.4) is 0 Å². The number of nitrogens with zero attached hydrogens (tertiary/aromatic N) is 3. The number of nitrogens with two attached hydrogens (primary N) is 1. The lowest BCUT2D eigenvalue weighted by atomic mass is 9.48. The van der Waals surface area contributed by atoms with Gasteiger partial charge < -0.3 is 15.7 Å². The third-order valence-corrected chi connectivity index (χ3v) is 7.82. The average Bonchev–Trinajstić information content (AvgIpc) is 2.70. The summed E-state index contributed by atoms with van der Waals surface area (Å²) < 4.78 is 0. The van der Waals surface area contributed by atoms with Crippen molar-refractivity contribution in [1.29, 1.82) is 5.26 Å². The predicted octanol–water partition coefficient (Wildman–Crippen LogP) is 3.43. The number of hydrogen-bond donors (Lipinski definition) is 2. The smallest absolute Gasteiger partial charge is 0.309 e. The van der Waals surface area contributed by atoms with Crippen molar-refractivity contribution in [3.63, 3.8) is 0 Å². The molecule has 4 saturated carbocycles. The summed E-state index contributed by atoms with van der Waals surface area (Å²) in [7, 11) is 1.95. The van der Waals surface area contributed by atoms with Crippen LogP contribution < -0.4 is 10.6 Å². The van der Waals surface area contributed by atoms with Crippen molar-refractivity contribution in [3.05, 3.63) is 30.3 Å². The van der Waals surface area contributed by atoms with E-state index in [-0.39, 0.29) is 24.3 Å². The Balaban J connectivity index is 1.63. The molecular formula is C23H30N4O2. The van der Waals surface area contributed by atoms with E-state index in [4.69, 9.17) is 10.7 Å². The molecule has 0 aliphatic heterocycles. The van der Waals surface area contributed by atoms with Gasteiger partial charge in [0.25, 0.3) is 0 Å². The first kappa shape index (κ1) is 19.8. The molecule has 0 heterocycles. The number of amidine groups is 1. The molecule has 4 aliphatic rings. The molecule has 0 saturated heterocycles. The predicted molar refractivity (Wildman–Crippen MR) is 113 cm³/mol. The van der Waals surface area contributed by atoms with E-state index in [1.54, 1.807) is 0 Å². The number of hydrogen-bond acceptors (Lipinski definition) is 4. The molecule has 4 fully saturated rings. The van der Waals surface area contributed by atoms with Crippen molar-refractivity contribution in [1.82, 2.24) is 0 Å². The molecule has 4 aliphatic carbocycles. The van der Waals surface area contributed by atoms with Crippen LogP contribution in [0.2, 0.25) is 0 Å². The Morgan fingerprint density at radius 3 is 2.48 bits per heavy atom. The molecule has 3 N–H and O–H groups in total. The number of aliphatic imine (C=N–C) groups is 1. The molecule has 0 spiro atoms. The number of benzene rings is 1. The molecular weight excluding hydrogens is 364 g/mol. The minimum atomic E-state index is -0.713. The first-order chi connectivity index (χ1) is 13.8. The normalized spacial score (nSPS) is 35.0. The fourth-order valence-electron chi connectivity index (χ4n) is 6.24. The third-order valence-electron chi connectivity index (χ3n) is 7.82. The van der Waals surface area contributed by atoms with E-state index >= 15 is 0 Å². The Kier molecular flexibility index (Phi) is 4.80. The summed E-state index contributed by atoms with van der Waals surface area (Å²) in [6, 6.07) is 12.3. The Labute approximate surface area is 172 Å². The van der Waals surface area contributed by atoms with Gasteiger partial charge in [0.05, 0.1) is 23.9 Å². The minimum Gasteiger partial charge on any atom is -0.481 e. The summed E-state index contributed by atoms with van der Waals surface area (Å²) in [5, 5.41) is 19.3. The highest BCUT2D eigenvalue weighted by atomic mass is 16.4. The first-order valence-electron chi connectivity index (χ1n) is 10.5. The maximum atomic E-state index is 12.0. The molecule has 6 nitrogen and oxygen atoms in total. The number of nitriles is 1. The van der Waals surface area contributed by atoms with Gasteiger partial charge in [-0.1, -0.05) is 18.2 Å². The number of likely N-dealkylation sites (N-methyl/N-ethyl adjacent to an activating group) is 1. The lowest BCUT2D eigenvalue weighted by Gasteiger charge is -2.57. The summed E-state index contributed by atoms with van der Waals surface area (Å²) in [5.41, 5.74) is 6.31. The Hall–Kier alpha value is -2.55. The van der Waals surface area contributed by atoms with Gasteiger partial charge >= 0.3 is 5.97 Å². The zero-order valence-electron chi connectivity index (χ0n) is 17.2. The van der Waals surface area contributed by atoms with Crippen molar-refractivity contribution >= 4 is 17.5 Å². The summed E-state index contributed by atoms with van der Waals surface area (Å²) in [4.78, 5) is 19.0. The molecule has 0 radical (unpaired) electrons. The fraction of sp³-hybridized carbons (Fsp3) is 0.609. The molecule has 1 aromatic carbocycles. The largest absolute Gasteiger partial charge is 0.481 e. The van der Waals surface area contributed by atoms with E-state index in [1.807, 2.05) is 49.2 Å². The van der Waals surface area contributed by atoms with E-state index in [0.29, 0.717) is 24.6 Å². The van der Waals surface area contributed by atoms with Crippen molar-refractivity contribution in [3.8, 4) is 6.07 Å². The van der Waals surface area contributed by atoms with E-state index in [0.717, 1.165) is 24.9 Å². The summed E-state index contributed by atoms with van der Waals surface area (Å²) in [5.74, 6) is 0.917. The zero-order valence-corrected chi connectivity index (χ0v) is 17.2. The van der Waals surface area contributed by atoms with Gasteiger partial charge in [0.15, 0.2) is 0 Å².